The van der Waals surface area contributed by atoms with Gasteiger partial charge in [0.05, 0.1) is 6.42 Å². The molecule has 0 saturated heterocycles. The van der Waals surface area contributed by atoms with Crippen LogP contribution >= 0.6 is 0 Å². The van der Waals surface area contributed by atoms with E-state index in [1.165, 1.54) is 6.92 Å². The molecule has 2 heterocycles. The van der Waals surface area contributed by atoms with E-state index >= 15 is 0 Å². The van der Waals surface area contributed by atoms with Gasteiger partial charge in [-0.25, -0.2) is 9.50 Å². The van der Waals surface area contributed by atoms with E-state index < -0.39 is 0 Å². The lowest BCUT2D eigenvalue weighted by Gasteiger charge is -1.94. The number of carbonyl (C=O) groups is 1. The number of hydrogen-bond donors (Lipinski definition) is 0. The van der Waals surface area contributed by atoms with Gasteiger partial charge in [0.2, 0.25) is 0 Å². The number of ketones is 1. The van der Waals surface area contributed by atoms with Crippen molar-refractivity contribution in [2.45, 2.75) is 26.7 Å². The standard InChI is InChI=1S/C10H12N4O/c1-3-8-5-11-10-12-9(4-7(2)15)13-14(10)6-8/h5-6H,3-4H2,1-2H3. The van der Waals surface area contributed by atoms with Crippen LogP contribution in [0.5, 0.6) is 0 Å². The normalized spacial score (nSPS) is 10.8. The van der Waals surface area contributed by atoms with E-state index in [0.717, 1.165) is 12.0 Å². The van der Waals surface area contributed by atoms with Crippen LogP contribution in [0.2, 0.25) is 0 Å². The first-order valence-electron chi connectivity index (χ1n) is 4.88. The van der Waals surface area contributed by atoms with E-state index in [2.05, 4.69) is 22.0 Å². The number of fused-ring (bicyclic) bond motifs is 1. The van der Waals surface area contributed by atoms with Gasteiger partial charge in [-0.2, -0.15) is 4.98 Å². The van der Waals surface area contributed by atoms with Gasteiger partial charge in [-0.15, -0.1) is 5.10 Å². The quantitative estimate of drug-likeness (QED) is 0.742. The Balaban J connectivity index is 2.42. The molecule has 78 valence electrons. The maximum Gasteiger partial charge on any atom is 0.252 e. The highest BCUT2D eigenvalue weighted by Gasteiger charge is 2.06. The summed E-state index contributed by atoms with van der Waals surface area (Å²) in [5.74, 6) is 1.13. The fraction of sp³-hybridized carbons (Fsp3) is 0.400. The maximum absolute atomic E-state index is 10.9. The Labute approximate surface area is 87.2 Å². The average molecular weight is 204 g/mol. The Bertz CT molecular complexity index is 503. The Morgan fingerprint density at radius 1 is 1.53 bits per heavy atom. The van der Waals surface area contributed by atoms with Gasteiger partial charge in [-0.3, -0.25) is 4.79 Å². The van der Waals surface area contributed by atoms with Crippen molar-refractivity contribution in [2.24, 2.45) is 0 Å². The lowest BCUT2D eigenvalue weighted by atomic mass is 10.3. The number of aryl methyl sites for hydroxylation is 1. The van der Waals surface area contributed by atoms with Gasteiger partial charge in [0.1, 0.15) is 5.78 Å². The van der Waals surface area contributed by atoms with Crippen LogP contribution < -0.4 is 0 Å². The first kappa shape index (κ1) is 9.76. The van der Waals surface area contributed by atoms with Crippen LogP contribution in [-0.4, -0.2) is 25.4 Å². The van der Waals surface area contributed by atoms with Crippen LogP contribution in [0.4, 0.5) is 0 Å². The number of aromatic nitrogens is 4. The molecule has 0 aliphatic heterocycles. The molecule has 0 bridgehead atoms. The summed E-state index contributed by atoms with van der Waals surface area (Å²) in [5, 5.41) is 4.18. The molecular formula is C10H12N4O. The summed E-state index contributed by atoms with van der Waals surface area (Å²) in [4.78, 5) is 19.2. The summed E-state index contributed by atoms with van der Waals surface area (Å²) in [7, 11) is 0. The Hall–Kier alpha value is -1.78. The van der Waals surface area contributed by atoms with Crippen LogP contribution in [0.3, 0.4) is 0 Å². The molecule has 0 atom stereocenters. The molecule has 0 amide bonds. The van der Waals surface area contributed by atoms with E-state index in [4.69, 9.17) is 0 Å². The van der Waals surface area contributed by atoms with Crippen molar-refractivity contribution in [3.8, 4) is 0 Å². The Kier molecular flexibility index (Phi) is 2.45. The monoisotopic (exact) mass is 204 g/mol. The smallest absolute Gasteiger partial charge is 0.252 e. The van der Waals surface area contributed by atoms with Crippen molar-refractivity contribution in [2.75, 3.05) is 0 Å². The van der Waals surface area contributed by atoms with E-state index in [1.54, 1.807) is 10.7 Å². The molecule has 0 N–H and O–H groups in total. The second-order valence-corrected chi connectivity index (χ2v) is 3.47. The van der Waals surface area contributed by atoms with Gasteiger partial charge in [-0.1, -0.05) is 6.92 Å². The zero-order valence-corrected chi connectivity index (χ0v) is 8.77. The minimum Gasteiger partial charge on any atom is -0.300 e. The molecular weight excluding hydrogens is 192 g/mol. The molecule has 2 rings (SSSR count). The summed E-state index contributed by atoms with van der Waals surface area (Å²) >= 11 is 0. The van der Waals surface area contributed by atoms with Gasteiger partial charge in [0.15, 0.2) is 5.82 Å². The van der Waals surface area contributed by atoms with Crippen LogP contribution in [-0.2, 0) is 17.6 Å². The summed E-state index contributed by atoms with van der Waals surface area (Å²) in [6, 6.07) is 0. The molecule has 5 heteroatoms. The highest BCUT2D eigenvalue weighted by atomic mass is 16.1. The van der Waals surface area contributed by atoms with Crippen molar-refractivity contribution >= 4 is 11.6 Å². The van der Waals surface area contributed by atoms with Gasteiger partial charge in [-0.05, 0) is 18.9 Å². The fourth-order valence-electron chi connectivity index (χ4n) is 1.34. The topological polar surface area (TPSA) is 60.2 Å². The average Bonchev–Trinajstić information content (AvgIpc) is 2.57. The number of hydrogen-bond acceptors (Lipinski definition) is 4. The summed E-state index contributed by atoms with van der Waals surface area (Å²) in [6.07, 6.45) is 4.84. The molecule has 0 aliphatic rings. The SMILES string of the molecule is CCc1cnc2nc(CC(C)=O)nn2c1. The third-order valence-electron chi connectivity index (χ3n) is 2.11. The van der Waals surface area contributed by atoms with E-state index in [-0.39, 0.29) is 12.2 Å². The van der Waals surface area contributed by atoms with Crippen LogP contribution in [0, 0.1) is 0 Å². The van der Waals surface area contributed by atoms with Crippen LogP contribution in [0.25, 0.3) is 5.78 Å². The van der Waals surface area contributed by atoms with Crippen molar-refractivity contribution in [3.63, 3.8) is 0 Å². The lowest BCUT2D eigenvalue weighted by molar-refractivity contribution is -0.116. The lowest BCUT2D eigenvalue weighted by Crippen LogP contribution is -1.98. The van der Waals surface area contributed by atoms with Crippen LogP contribution in [0.15, 0.2) is 12.4 Å². The first-order chi connectivity index (χ1) is 7.19. The zero-order valence-electron chi connectivity index (χ0n) is 8.77. The molecule has 0 fully saturated rings. The highest BCUT2D eigenvalue weighted by Crippen LogP contribution is 2.02. The summed E-state index contributed by atoms with van der Waals surface area (Å²) in [5.41, 5.74) is 1.10. The van der Waals surface area contributed by atoms with Gasteiger partial charge < -0.3 is 0 Å². The Morgan fingerprint density at radius 2 is 2.33 bits per heavy atom. The molecule has 0 saturated carbocycles. The first-order valence-corrected chi connectivity index (χ1v) is 4.88. The Morgan fingerprint density at radius 3 is 3.00 bits per heavy atom. The number of Topliss-reactive ketones (excluding diaryl/α,β-unsaturated/α-hetero) is 1. The van der Waals surface area contributed by atoms with Gasteiger partial charge >= 0.3 is 0 Å². The van der Waals surface area contributed by atoms with Crippen molar-refractivity contribution < 1.29 is 4.79 Å². The zero-order chi connectivity index (χ0) is 10.8. The molecule has 0 unspecified atom stereocenters. The van der Waals surface area contributed by atoms with Crippen molar-refractivity contribution in [1.82, 2.24) is 19.6 Å². The van der Waals surface area contributed by atoms with Gasteiger partial charge in [0.25, 0.3) is 5.78 Å². The summed E-state index contributed by atoms with van der Waals surface area (Å²) in [6.45, 7) is 3.58. The summed E-state index contributed by atoms with van der Waals surface area (Å²) < 4.78 is 1.62. The second-order valence-electron chi connectivity index (χ2n) is 3.47. The minimum absolute atomic E-state index is 0.0571. The third kappa shape index (κ3) is 2.01. The molecule has 2 aromatic rings. The van der Waals surface area contributed by atoms with E-state index in [0.29, 0.717) is 11.6 Å². The molecule has 15 heavy (non-hydrogen) atoms. The number of nitrogens with zero attached hydrogens (tertiary/aromatic N) is 4. The predicted octanol–water partition coefficient (Wildman–Crippen LogP) is 0.818. The highest BCUT2D eigenvalue weighted by molar-refractivity contribution is 5.77. The molecule has 0 radical (unpaired) electrons. The molecule has 0 aromatic carbocycles. The predicted molar refractivity (Wildman–Crippen MR) is 54.5 cm³/mol. The van der Waals surface area contributed by atoms with Gasteiger partial charge in [0, 0.05) is 12.4 Å². The molecule has 0 spiro atoms. The molecule has 0 aliphatic carbocycles. The third-order valence-corrected chi connectivity index (χ3v) is 2.11. The number of carbonyl (C=O) groups excluding carboxylic acids is 1. The molecule has 5 nitrogen and oxygen atoms in total. The largest absolute Gasteiger partial charge is 0.300 e. The van der Waals surface area contributed by atoms with E-state index in [9.17, 15) is 4.79 Å². The molecule has 2 aromatic heterocycles. The minimum atomic E-state index is 0.0571. The number of rotatable bonds is 3. The maximum atomic E-state index is 10.9. The van der Waals surface area contributed by atoms with Crippen molar-refractivity contribution in [3.05, 3.63) is 23.8 Å². The van der Waals surface area contributed by atoms with Crippen molar-refractivity contribution in [1.29, 1.82) is 0 Å². The second kappa shape index (κ2) is 3.76. The fourth-order valence-corrected chi connectivity index (χ4v) is 1.34. The van der Waals surface area contributed by atoms with E-state index in [1.807, 2.05) is 6.20 Å². The van der Waals surface area contributed by atoms with Crippen LogP contribution in [0.1, 0.15) is 25.2 Å².